The molecule has 1 amide bonds. The summed E-state index contributed by atoms with van der Waals surface area (Å²) in [5, 5.41) is 12.3. The summed E-state index contributed by atoms with van der Waals surface area (Å²) in [6, 6.07) is 0.296. The number of nitrogens with one attached hydrogen (secondary N) is 1. The van der Waals surface area contributed by atoms with Crippen LogP contribution in [0.5, 0.6) is 0 Å². The van der Waals surface area contributed by atoms with E-state index in [1.54, 1.807) is 0 Å². The van der Waals surface area contributed by atoms with Gasteiger partial charge in [0.05, 0.1) is 12.6 Å². The number of nitrogens with zero attached hydrogens (tertiary/aromatic N) is 1. The minimum Gasteiger partial charge on any atom is -0.392 e. The molecule has 1 heterocycles. The predicted molar refractivity (Wildman–Crippen MR) is 59.6 cm³/mol. The SMILES string of the molecule is CCC(CC)NC(=O)CN1CC[C@@H](O)C1. The Morgan fingerprint density at radius 2 is 2.20 bits per heavy atom. The molecule has 0 aromatic carbocycles. The van der Waals surface area contributed by atoms with E-state index < -0.39 is 0 Å². The molecule has 0 bridgehead atoms. The summed E-state index contributed by atoms with van der Waals surface area (Å²) in [5.74, 6) is 0.0813. The summed E-state index contributed by atoms with van der Waals surface area (Å²) in [7, 11) is 0. The number of likely N-dealkylation sites (tertiary alicyclic amines) is 1. The first-order chi connectivity index (χ1) is 7.15. The molecule has 1 aliphatic heterocycles. The minimum absolute atomic E-state index is 0.0813. The van der Waals surface area contributed by atoms with E-state index >= 15 is 0 Å². The second kappa shape index (κ2) is 6.08. The summed E-state index contributed by atoms with van der Waals surface area (Å²) < 4.78 is 0. The van der Waals surface area contributed by atoms with Crippen LogP contribution in [-0.4, -0.2) is 47.7 Å². The van der Waals surface area contributed by atoms with Gasteiger partial charge in [-0.3, -0.25) is 9.69 Å². The molecule has 1 saturated heterocycles. The van der Waals surface area contributed by atoms with Crippen molar-refractivity contribution in [3.05, 3.63) is 0 Å². The van der Waals surface area contributed by atoms with E-state index in [9.17, 15) is 9.90 Å². The number of hydrogen-bond acceptors (Lipinski definition) is 3. The average Bonchev–Trinajstić information content (AvgIpc) is 2.60. The molecule has 2 N–H and O–H groups in total. The molecule has 0 aliphatic carbocycles. The summed E-state index contributed by atoms with van der Waals surface area (Å²) in [5.41, 5.74) is 0. The number of aliphatic hydroxyl groups is 1. The van der Waals surface area contributed by atoms with Gasteiger partial charge in [0.15, 0.2) is 0 Å². The van der Waals surface area contributed by atoms with Crippen LogP contribution in [0.3, 0.4) is 0 Å². The monoisotopic (exact) mass is 214 g/mol. The molecular formula is C11H22N2O2. The molecule has 1 aliphatic rings. The predicted octanol–water partition coefficient (Wildman–Crippen LogP) is 0.358. The number of carbonyl (C=O) groups is 1. The Labute approximate surface area is 91.6 Å². The lowest BCUT2D eigenvalue weighted by molar-refractivity contribution is -0.122. The summed E-state index contributed by atoms with van der Waals surface area (Å²) >= 11 is 0. The zero-order chi connectivity index (χ0) is 11.3. The molecule has 1 fully saturated rings. The number of rotatable bonds is 5. The number of carbonyl (C=O) groups excluding carboxylic acids is 1. The molecule has 0 aromatic heterocycles. The second-order valence-corrected chi connectivity index (χ2v) is 4.26. The van der Waals surface area contributed by atoms with Crippen LogP contribution < -0.4 is 5.32 Å². The van der Waals surface area contributed by atoms with Gasteiger partial charge in [-0.1, -0.05) is 13.8 Å². The maximum absolute atomic E-state index is 11.6. The van der Waals surface area contributed by atoms with E-state index in [-0.39, 0.29) is 12.0 Å². The smallest absolute Gasteiger partial charge is 0.234 e. The molecule has 0 saturated carbocycles. The topological polar surface area (TPSA) is 52.6 Å². The summed E-state index contributed by atoms with van der Waals surface area (Å²) in [4.78, 5) is 13.6. The highest BCUT2D eigenvalue weighted by molar-refractivity contribution is 5.78. The van der Waals surface area contributed by atoms with Gasteiger partial charge < -0.3 is 10.4 Å². The molecule has 1 atom stereocenters. The Morgan fingerprint density at radius 1 is 1.53 bits per heavy atom. The molecular weight excluding hydrogens is 192 g/mol. The fraction of sp³-hybridized carbons (Fsp3) is 0.909. The molecule has 15 heavy (non-hydrogen) atoms. The van der Waals surface area contributed by atoms with Crippen molar-refractivity contribution in [3.63, 3.8) is 0 Å². The Kier molecular flexibility index (Phi) is 5.05. The van der Waals surface area contributed by atoms with Crippen LogP contribution in [0.1, 0.15) is 33.1 Å². The van der Waals surface area contributed by atoms with Gasteiger partial charge in [-0.15, -0.1) is 0 Å². The average molecular weight is 214 g/mol. The summed E-state index contributed by atoms with van der Waals surface area (Å²) in [6.45, 7) is 6.05. The molecule has 88 valence electrons. The van der Waals surface area contributed by atoms with Crippen LogP contribution in [0.15, 0.2) is 0 Å². The van der Waals surface area contributed by atoms with Crippen molar-refractivity contribution in [1.82, 2.24) is 10.2 Å². The lowest BCUT2D eigenvalue weighted by Gasteiger charge is -2.18. The zero-order valence-corrected chi connectivity index (χ0v) is 9.70. The highest BCUT2D eigenvalue weighted by Crippen LogP contribution is 2.07. The van der Waals surface area contributed by atoms with Crippen molar-refractivity contribution in [2.75, 3.05) is 19.6 Å². The van der Waals surface area contributed by atoms with Gasteiger partial charge in [-0.05, 0) is 19.3 Å². The van der Waals surface area contributed by atoms with E-state index in [2.05, 4.69) is 19.2 Å². The molecule has 4 heteroatoms. The Bertz CT molecular complexity index is 205. The van der Waals surface area contributed by atoms with Crippen molar-refractivity contribution in [3.8, 4) is 0 Å². The van der Waals surface area contributed by atoms with Crippen LogP contribution in [0, 0.1) is 0 Å². The van der Waals surface area contributed by atoms with Crippen molar-refractivity contribution in [2.45, 2.75) is 45.3 Å². The first-order valence-electron chi connectivity index (χ1n) is 5.85. The van der Waals surface area contributed by atoms with Crippen LogP contribution in [-0.2, 0) is 4.79 Å². The molecule has 4 nitrogen and oxygen atoms in total. The van der Waals surface area contributed by atoms with Crippen LogP contribution in [0.25, 0.3) is 0 Å². The van der Waals surface area contributed by atoms with Crippen molar-refractivity contribution in [1.29, 1.82) is 0 Å². The lowest BCUT2D eigenvalue weighted by Crippen LogP contribution is -2.41. The molecule has 0 aromatic rings. The zero-order valence-electron chi connectivity index (χ0n) is 9.70. The van der Waals surface area contributed by atoms with Gasteiger partial charge in [-0.25, -0.2) is 0 Å². The van der Waals surface area contributed by atoms with E-state index in [1.165, 1.54) is 0 Å². The van der Waals surface area contributed by atoms with Gasteiger partial charge >= 0.3 is 0 Å². The van der Waals surface area contributed by atoms with E-state index in [1.807, 2.05) is 4.90 Å². The van der Waals surface area contributed by atoms with Crippen LogP contribution in [0.4, 0.5) is 0 Å². The van der Waals surface area contributed by atoms with Gasteiger partial charge in [0, 0.05) is 19.1 Å². The van der Waals surface area contributed by atoms with Crippen molar-refractivity contribution >= 4 is 5.91 Å². The third kappa shape index (κ3) is 4.18. The molecule has 0 spiro atoms. The molecule has 0 radical (unpaired) electrons. The first kappa shape index (κ1) is 12.5. The quantitative estimate of drug-likeness (QED) is 0.694. The van der Waals surface area contributed by atoms with Gasteiger partial charge in [-0.2, -0.15) is 0 Å². The van der Waals surface area contributed by atoms with E-state index in [0.29, 0.717) is 19.1 Å². The summed E-state index contributed by atoms with van der Waals surface area (Å²) in [6.07, 6.45) is 2.50. The normalized spacial score (nSPS) is 22.3. The third-order valence-electron chi connectivity index (χ3n) is 2.97. The number of β-amino-alcohol motifs (C(OH)–C–C–N with tert-alkyl or cyclic N) is 1. The Morgan fingerprint density at radius 3 is 2.67 bits per heavy atom. The van der Waals surface area contributed by atoms with E-state index in [0.717, 1.165) is 25.8 Å². The first-order valence-corrected chi connectivity index (χ1v) is 5.85. The van der Waals surface area contributed by atoms with E-state index in [4.69, 9.17) is 0 Å². The molecule has 1 rings (SSSR count). The highest BCUT2D eigenvalue weighted by Gasteiger charge is 2.22. The van der Waals surface area contributed by atoms with Crippen LogP contribution in [0.2, 0.25) is 0 Å². The number of amides is 1. The molecule has 0 unspecified atom stereocenters. The third-order valence-corrected chi connectivity index (χ3v) is 2.97. The van der Waals surface area contributed by atoms with Crippen LogP contribution >= 0.6 is 0 Å². The standard InChI is InChI=1S/C11H22N2O2/c1-3-9(4-2)12-11(15)8-13-6-5-10(14)7-13/h9-10,14H,3-8H2,1-2H3,(H,12,15)/t10-/m1/s1. The number of aliphatic hydroxyl groups excluding tert-OH is 1. The minimum atomic E-state index is -0.244. The van der Waals surface area contributed by atoms with Crippen molar-refractivity contribution in [2.24, 2.45) is 0 Å². The fourth-order valence-corrected chi connectivity index (χ4v) is 1.93. The Balaban J connectivity index is 2.23. The van der Waals surface area contributed by atoms with Crippen molar-refractivity contribution < 1.29 is 9.90 Å². The van der Waals surface area contributed by atoms with Gasteiger partial charge in [0.25, 0.3) is 0 Å². The lowest BCUT2D eigenvalue weighted by atomic mass is 10.2. The van der Waals surface area contributed by atoms with Gasteiger partial charge in [0.2, 0.25) is 5.91 Å². The number of hydrogen-bond donors (Lipinski definition) is 2. The second-order valence-electron chi connectivity index (χ2n) is 4.26. The fourth-order valence-electron chi connectivity index (χ4n) is 1.93. The maximum Gasteiger partial charge on any atom is 0.234 e. The van der Waals surface area contributed by atoms with Gasteiger partial charge in [0.1, 0.15) is 0 Å². The maximum atomic E-state index is 11.6. The largest absolute Gasteiger partial charge is 0.392 e. The Hall–Kier alpha value is -0.610. The highest BCUT2D eigenvalue weighted by atomic mass is 16.3.